The van der Waals surface area contributed by atoms with Crippen molar-refractivity contribution in [2.75, 3.05) is 17.2 Å². The van der Waals surface area contributed by atoms with Crippen LogP contribution in [0.3, 0.4) is 0 Å². The number of phenols is 1. The Hall–Kier alpha value is -3.02. The molecule has 0 spiro atoms. The maximum Gasteiger partial charge on any atom is 0.314 e. The van der Waals surface area contributed by atoms with Gasteiger partial charge in [0.05, 0.1) is 6.61 Å². The molecule has 2 aromatic rings. The summed E-state index contributed by atoms with van der Waals surface area (Å²) >= 11 is 0. The molecule has 0 heterocycles. The molecular formula is C17H18N2O4. The van der Waals surface area contributed by atoms with E-state index in [1.807, 2.05) is 6.92 Å². The zero-order valence-electron chi connectivity index (χ0n) is 12.9. The van der Waals surface area contributed by atoms with Crippen molar-refractivity contribution in [3.05, 3.63) is 48.0 Å². The molecule has 0 bridgehead atoms. The van der Waals surface area contributed by atoms with E-state index in [9.17, 15) is 14.7 Å². The molecule has 6 heteroatoms. The molecule has 0 atom stereocenters. The van der Waals surface area contributed by atoms with Crippen LogP contribution in [-0.2, 0) is 9.59 Å². The summed E-state index contributed by atoms with van der Waals surface area (Å²) in [5, 5.41) is 14.3. The highest BCUT2D eigenvalue weighted by atomic mass is 16.5. The number of anilines is 2. The van der Waals surface area contributed by atoms with Crippen molar-refractivity contribution in [3.63, 3.8) is 0 Å². The van der Waals surface area contributed by atoms with Crippen molar-refractivity contribution >= 4 is 23.2 Å². The normalized spacial score (nSPS) is 10.0. The van der Waals surface area contributed by atoms with Gasteiger partial charge in [-0.3, -0.25) is 9.59 Å². The smallest absolute Gasteiger partial charge is 0.314 e. The minimum absolute atomic E-state index is 0.0966. The van der Waals surface area contributed by atoms with Gasteiger partial charge in [-0.2, -0.15) is 0 Å². The first-order valence-electron chi connectivity index (χ1n) is 7.14. The van der Waals surface area contributed by atoms with Crippen LogP contribution in [0.25, 0.3) is 0 Å². The van der Waals surface area contributed by atoms with Crippen LogP contribution in [0.5, 0.6) is 11.5 Å². The third kappa shape index (κ3) is 4.47. The molecule has 120 valence electrons. The average molecular weight is 314 g/mol. The molecule has 0 fully saturated rings. The van der Waals surface area contributed by atoms with Gasteiger partial charge in [-0.05, 0) is 61.9 Å². The van der Waals surface area contributed by atoms with Gasteiger partial charge in [0.15, 0.2) is 0 Å². The van der Waals surface area contributed by atoms with Crippen LogP contribution in [0.2, 0.25) is 0 Å². The quantitative estimate of drug-likeness (QED) is 0.598. The minimum Gasteiger partial charge on any atom is -0.508 e. The molecule has 0 unspecified atom stereocenters. The number of ether oxygens (including phenoxy) is 1. The Morgan fingerprint density at radius 1 is 1.04 bits per heavy atom. The Bertz CT molecular complexity index is 711. The molecule has 2 rings (SSSR count). The van der Waals surface area contributed by atoms with Gasteiger partial charge in [0.25, 0.3) is 0 Å². The predicted octanol–water partition coefficient (Wildman–Crippen LogP) is 2.68. The number of hydrogen-bond donors (Lipinski definition) is 3. The van der Waals surface area contributed by atoms with E-state index in [2.05, 4.69) is 10.6 Å². The van der Waals surface area contributed by atoms with Crippen molar-refractivity contribution in [3.8, 4) is 11.5 Å². The number of carbonyl (C=O) groups excluding carboxylic acids is 2. The van der Waals surface area contributed by atoms with Crippen molar-refractivity contribution in [2.45, 2.75) is 13.8 Å². The maximum atomic E-state index is 11.9. The van der Waals surface area contributed by atoms with Gasteiger partial charge >= 0.3 is 11.8 Å². The largest absolute Gasteiger partial charge is 0.508 e. The van der Waals surface area contributed by atoms with Crippen LogP contribution in [0.1, 0.15) is 12.5 Å². The zero-order chi connectivity index (χ0) is 16.8. The zero-order valence-corrected chi connectivity index (χ0v) is 12.9. The molecule has 23 heavy (non-hydrogen) atoms. The summed E-state index contributed by atoms with van der Waals surface area (Å²) in [6, 6.07) is 11.2. The van der Waals surface area contributed by atoms with E-state index in [0.29, 0.717) is 29.3 Å². The first-order chi connectivity index (χ1) is 11.0. The summed E-state index contributed by atoms with van der Waals surface area (Å²) < 4.78 is 5.30. The average Bonchev–Trinajstić information content (AvgIpc) is 2.52. The van der Waals surface area contributed by atoms with Crippen molar-refractivity contribution in [1.29, 1.82) is 0 Å². The third-order valence-electron chi connectivity index (χ3n) is 3.09. The lowest BCUT2D eigenvalue weighted by Gasteiger charge is -2.09. The first-order valence-corrected chi connectivity index (χ1v) is 7.14. The predicted molar refractivity (Wildman–Crippen MR) is 87.7 cm³/mol. The van der Waals surface area contributed by atoms with Crippen LogP contribution in [0.4, 0.5) is 11.4 Å². The van der Waals surface area contributed by atoms with E-state index >= 15 is 0 Å². The number of phenolic OH excluding ortho intramolecular Hbond substituents is 1. The SMILES string of the molecule is CCOc1ccc(NC(=O)C(=O)Nc2ccc(O)cc2C)cc1. The Labute approximate surface area is 134 Å². The monoisotopic (exact) mass is 314 g/mol. The first kappa shape index (κ1) is 16.4. The highest BCUT2D eigenvalue weighted by Crippen LogP contribution is 2.20. The number of nitrogens with one attached hydrogen (secondary N) is 2. The standard InChI is InChI=1S/C17H18N2O4/c1-3-23-14-7-4-12(5-8-14)18-16(21)17(22)19-15-9-6-13(20)10-11(15)2/h4-10,20H,3H2,1-2H3,(H,18,21)(H,19,22). The van der Waals surface area contributed by atoms with Crippen LogP contribution in [0, 0.1) is 6.92 Å². The lowest BCUT2D eigenvalue weighted by molar-refractivity contribution is -0.133. The molecule has 3 N–H and O–H groups in total. The number of carbonyl (C=O) groups is 2. The van der Waals surface area contributed by atoms with E-state index in [4.69, 9.17) is 4.74 Å². The molecule has 0 aliphatic rings. The van der Waals surface area contributed by atoms with Gasteiger partial charge in [-0.25, -0.2) is 0 Å². The second kappa shape index (κ2) is 7.31. The van der Waals surface area contributed by atoms with Crippen molar-refractivity contribution in [2.24, 2.45) is 0 Å². The molecule has 0 aliphatic heterocycles. The van der Waals surface area contributed by atoms with Gasteiger partial charge in [0, 0.05) is 11.4 Å². The molecule has 0 aliphatic carbocycles. The minimum atomic E-state index is -0.785. The van der Waals surface area contributed by atoms with Crippen LogP contribution >= 0.6 is 0 Å². The van der Waals surface area contributed by atoms with Crippen LogP contribution in [-0.4, -0.2) is 23.5 Å². The third-order valence-corrected chi connectivity index (χ3v) is 3.09. The molecule has 2 aromatic carbocycles. The molecule has 0 aromatic heterocycles. The summed E-state index contributed by atoms with van der Waals surface area (Å²) in [6.07, 6.45) is 0. The summed E-state index contributed by atoms with van der Waals surface area (Å²) in [7, 11) is 0. The number of rotatable bonds is 4. The summed E-state index contributed by atoms with van der Waals surface area (Å²) in [5.74, 6) is -0.775. The van der Waals surface area contributed by atoms with E-state index in [0.717, 1.165) is 0 Å². The number of aromatic hydroxyl groups is 1. The summed E-state index contributed by atoms with van der Waals surface area (Å²) in [4.78, 5) is 23.8. The molecule has 0 radical (unpaired) electrons. The van der Waals surface area contributed by atoms with E-state index < -0.39 is 11.8 Å². The second-order valence-corrected chi connectivity index (χ2v) is 4.86. The highest BCUT2D eigenvalue weighted by molar-refractivity contribution is 6.43. The molecule has 0 saturated carbocycles. The topological polar surface area (TPSA) is 87.7 Å². The summed E-state index contributed by atoms with van der Waals surface area (Å²) in [5.41, 5.74) is 1.62. The fraction of sp³-hybridized carbons (Fsp3) is 0.176. The van der Waals surface area contributed by atoms with Crippen LogP contribution in [0.15, 0.2) is 42.5 Å². The van der Waals surface area contributed by atoms with Crippen LogP contribution < -0.4 is 15.4 Å². The number of benzene rings is 2. The van der Waals surface area contributed by atoms with Gasteiger partial charge in [-0.15, -0.1) is 0 Å². The molecule has 2 amide bonds. The Morgan fingerprint density at radius 2 is 1.70 bits per heavy atom. The maximum absolute atomic E-state index is 11.9. The Kier molecular flexibility index (Phi) is 5.19. The van der Waals surface area contributed by atoms with Gasteiger partial charge in [-0.1, -0.05) is 0 Å². The molecular weight excluding hydrogens is 296 g/mol. The number of hydrogen-bond acceptors (Lipinski definition) is 4. The van der Waals surface area contributed by atoms with Crippen molar-refractivity contribution < 1.29 is 19.4 Å². The van der Waals surface area contributed by atoms with Gasteiger partial charge in [0.2, 0.25) is 0 Å². The van der Waals surface area contributed by atoms with Gasteiger partial charge in [0.1, 0.15) is 11.5 Å². The molecule has 6 nitrogen and oxygen atoms in total. The fourth-order valence-electron chi connectivity index (χ4n) is 1.96. The van der Waals surface area contributed by atoms with Gasteiger partial charge < -0.3 is 20.5 Å². The number of amides is 2. The van der Waals surface area contributed by atoms with E-state index in [1.54, 1.807) is 31.2 Å². The Balaban J connectivity index is 1.98. The Morgan fingerprint density at radius 3 is 2.30 bits per heavy atom. The lowest BCUT2D eigenvalue weighted by atomic mass is 10.2. The summed E-state index contributed by atoms with van der Waals surface area (Å²) in [6.45, 7) is 4.16. The van der Waals surface area contributed by atoms with E-state index in [-0.39, 0.29) is 5.75 Å². The highest BCUT2D eigenvalue weighted by Gasteiger charge is 2.15. The fourth-order valence-corrected chi connectivity index (χ4v) is 1.96. The van der Waals surface area contributed by atoms with E-state index in [1.165, 1.54) is 18.2 Å². The molecule has 0 saturated heterocycles. The number of aryl methyl sites for hydroxylation is 1. The second-order valence-electron chi connectivity index (χ2n) is 4.86. The lowest BCUT2D eigenvalue weighted by Crippen LogP contribution is -2.29. The van der Waals surface area contributed by atoms with Crippen molar-refractivity contribution in [1.82, 2.24) is 0 Å².